The molecular weight excluding hydrogens is 222 g/mol. The minimum Gasteiger partial charge on any atom is -0.342 e. The molecule has 17 heavy (non-hydrogen) atoms. The van der Waals surface area contributed by atoms with E-state index in [1.54, 1.807) is 6.92 Å². The summed E-state index contributed by atoms with van der Waals surface area (Å²) in [7, 11) is 1.42. The number of amides is 3. The maximum Gasteiger partial charge on any atom is 0.252 e. The van der Waals surface area contributed by atoms with E-state index < -0.39 is 11.6 Å². The Morgan fingerprint density at radius 1 is 1.47 bits per heavy atom. The Balaban J connectivity index is 2.00. The van der Waals surface area contributed by atoms with Gasteiger partial charge < -0.3 is 11.1 Å². The molecule has 1 saturated heterocycles. The summed E-state index contributed by atoms with van der Waals surface area (Å²) in [4.78, 5) is 35.9. The molecule has 0 bridgehead atoms. The van der Waals surface area contributed by atoms with Crippen molar-refractivity contribution in [2.75, 3.05) is 7.05 Å². The fourth-order valence-electron chi connectivity index (χ4n) is 2.05. The summed E-state index contributed by atoms with van der Waals surface area (Å²) >= 11 is 0. The third-order valence-electron chi connectivity index (χ3n) is 3.60. The highest BCUT2D eigenvalue weighted by molar-refractivity contribution is 6.07. The highest BCUT2D eigenvalue weighted by Crippen LogP contribution is 2.38. The average molecular weight is 239 g/mol. The van der Waals surface area contributed by atoms with Gasteiger partial charge in [-0.2, -0.15) is 0 Å². The van der Waals surface area contributed by atoms with Gasteiger partial charge >= 0.3 is 0 Å². The summed E-state index contributed by atoms with van der Waals surface area (Å²) in [6, 6.07) is -0.748. The van der Waals surface area contributed by atoms with Crippen LogP contribution in [0.25, 0.3) is 0 Å². The Morgan fingerprint density at radius 3 is 2.47 bits per heavy atom. The molecule has 2 atom stereocenters. The Hall–Kier alpha value is -1.43. The van der Waals surface area contributed by atoms with Gasteiger partial charge in [0.1, 0.15) is 6.04 Å². The number of nitrogens with two attached hydrogens (primary N) is 1. The first-order chi connectivity index (χ1) is 7.84. The molecule has 6 nitrogen and oxygen atoms in total. The molecule has 6 heteroatoms. The highest BCUT2D eigenvalue weighted by atomic mass is 16.2. The van der Waals surface area contributed by atoms with Gasteiger partial charge in [0.25, 0.3) is 5.91 Å². The van der Waals surface area contributed by atoms with Crippen molar-refractivity contribution in [3.63, 3.8) is 0 Å². The lowest BCUT2D eigenvalue weighted by Gasteiger charge is -2.24. The molecule has 1 saturated carbocycles. The van der Waals surface area contributed by atoms with Crippen molar-refractivity contribution in [3.05, 3.63) is 0 Å². The van der Waals surface area contributed by atoms with Gasteiger partial charge in [0.15, 0.2) is 0 Å². The third-order valence-corrected chi connectivity index (χ3v) is 3.60. The van der Waals surface area contributed by atoms with E-state index >= 15 is 0 Å². The van der Waals surface area contributed by atoms with Crippen LogP contribution in [0.5, 0.6) is 0 Å². The minimum absolute atomic E-state index is 0.0296. The van der Waals surface area contributed by atoms with Gasteiger partial charge in [0.05, 0.1) is 12.0 Å². The molecule has 2 aliphatic rings. The normalized spacial score (nSPS) is 28.2. The van der Waals surface area contributed by atoms with Crippen LogP contribution in [0.4, 0.5) is 0 Å². The second-order valence-electron chi connectivity index (χ2n) is 5.08. The predicted octanol–water partition coefficient (Wildman–Crippen LogP) is -1.01. The van der Waals surface area contributed by atoms with Crippen LogP contribution in [-0.4, -0.2) is 41.2 Å². The molecule has 0 aromatic carbocycles. The largest absolute Gasteiger partial charge is 0.342 e. The number of hydrogen-bond acceptors (Lipinski definition) is 4. The SMILES string of the molecule is CN1C(=O)CC(NC(=O)C(C)(N)C2CC2)C1=O. The number of likely N-dealkylation sites (tertiary alicyclic amines) is 1. The summed E-state index contributed by atoms with van der Waals surface area (Å²) in [6.45, 7) is 1.67. The van der Waals surface area contributed by atoms with Crippen LogP contribution in [-0.2, 0) is 14.4 Å². The third kappa shape index (κ3) is 2.04. The van der Waals surface area contributed by atoms with E-state index in [-0.39, 0.29) is 30.1 Å². The quantitative estimate of drug-likeness (QED) is 0.617. The number of imide groups is 1. The van der Waals surface area contributed by atoms with Gasteiger partial charge in [-0.1, -0.05) is 0 Å². The van der Waals surface area contributed by atoms with Crippen molar-refractivity contribution in [1.82, 2.24) is 10.2 Å². The molecule has 94 valence electrons. The Bertz CT molecular complexity index is 387. The molecule has 0 aromatic heterocycles. The number of carbonyl (C=O) groups excluding carboxylic acids is 3. The van der Waals surface area contributed by atoms with Gasteiger partial charge in [0, 0.05) is 7.05 Å². The summed E-state index contributed by atoms with van der Waals surface area (Å²) in [6.07, 6.45) is 1.91. The fraction of sp³-hybridized carbons (Fsp3) is 0.727. The van der Waals surface area contributed by atoms with Crippen LogP contribution in [0.3, 0.4) is 0 Å². The van der Waals surface area contributed by atoms with Crippen LogP contribution in [0.15, 0.2) is 0 Å². The maximum absolute atomic E-state index is 11.9. The summed E-state index contributed by atoms with van der Waals surface area (Å²) < 4.78 is 0. The van der Waals surface area contributed by atoms with Gasteiger partial charge in [-0.25, -0.2) is 0 Å². The van der Waals surface area contributed by atoms with Crippen molar-refractivity contribution < 1.29 is 14.4 Å². The fourth-order valence-corrected chi connectivity index (χ4v) is 2.05. The summed E-state index contributed by atoms with van der Waals surface area (Å²) in [5.74, 6) is -0.797. The highest BCUT2D eigenvalue weighted by Gasteiger charge is 2.46. The molecule has 1 aliphatic carbocycles. The van der Waals surface area contributed by atoms with Crippen molar-refractivity contribution in [2.24, 2.45) is 11.7 Å². The smallest absolute Gasteiger partial charge is 0.252 e. The van der Waals surface area contributed by atoms with Crippen LogP contribution < -0.4 is 11.1 Å². The molecule has 3 N–H and O–H groups in total. The number of nitrogens with zero attached hydrogens (tertiary/aromatic N) is 1. The first kappa shape index (κ1) is 12.0. The van der Waals surface area contributed by atoms with Crippen molar-refractivity contribution in [2.45, 2.75) is 37.8 Å². The van der Waals surface area contributed by atoms with E-state index in [9.17, 15) is 14.4 Å². The van der Waals surface area contributed by atoms with Crippen molar-refractivity contribution in [1.29, 1.82) is 0 Å². The molecule has 0 spiro atoms. The van der Waals surface area contributed by atoms with Crippen molar-refractivity contribution in [3.8, 4) is 0 Å². The average Bonchev–Trinajstić information content (AvgIpc) is 3.06. The number of rotatable bonds is 3. The second-order valence-corrected chi connectivity index (χ2v) is 5.08. The van der Waals surface area contributed by atoms with Gasteiger partial charge in [-0.3, -0.25) is 19.3 Å². The summed E-state index contributed by atoms with van der Waals surface area (Å²) in [5.41, 5.74) is 5.00. The molecule has 0 aromatic rings. The second kappa shape index (κ2) is 3.80. The zero-order valence-electron chi connectivity index (χ0n) is 10.0. The van der Waals surface area contributed by atoms with Crippen LogP contribution in [0.2, 0.25) is 0 Å². The molecule has 2 fully saturated rings. The van der Waals surface area contributed by atoms with Crippen LogP contribution in [0.1, 0.15) is 26.2 Å². The monoisotopic (exact) mass is 239 g/mol. The lowest BCUT2D eigenvalue weighted by atomic mass is 9.95. The first-order valence-corrected chi connectivity index (χ1v) is 5.74. The number of carbonyl (C=O) groups is 3. The Labute approximate surface area is 99.5 Å². The lowest BCUT2D eigenvalue weighted by molar-refractivity contribution is -0.138. The Morgan fingerprint density at radius 2 is 2.06 bits per heavy atom. The molecule has 3 amide bonds. The maximum atomic E-state index is 11.9. The molecule has 1 heterocycles. The minimum atomic E-state index is -0.940. The molecule has 2 rings (SSSR count). The Kier molecular flexibility index (Phi) is 2.69. The topological polar surface area (TPSA) is 92.5 Å². The van der Waals surface area contributed by atoms with E-state index in [1.165, 1.54) is 7.05 Å². The molecule has 2 unspecified atom stereocenters. The first-order valence-electron chi connectivity index (χ1n) is 5.74. The van der Waals surface area contributed by atoms with Crippen LogP contribution >= 0.6 is 0 Å². The number of hydrogen-bond donors (Lipinski definition) is 2. The van der Waals surface area contributed by atoms with Gasteiger partial charge in [-0.15, -0.1) is 0 Å². The summed E-state index contributed by atoms with van der Waals surface area (Å²) in [5, 5.41) is 2.58. The van der Waals surface area contributed by atoms with E-state index in [0.717, 1.165) is 17.7 Å². The zero-order chi connectivity index (χ0) is 12.8. The molecule has 0 radical (unpaired) electrons. The van der Waals surface area contributed by atoms with Gasteiger partial charge in [0.2, 0.25) is 11.8 Å². The molecular formula is C11H17N3O3. The van der Waals surface area contributed by atoms with Gasteiger partial charge in [-0.05, 0) is 25.7 Å². The zero-order valence-corrected chi connectivity index (χ0v) is 10.0. The van der Waals surface area contributed by atoms with E-state index in [0.29, 0.717) is 0 Å². The van der Waals surface area contributed by atoms with E-state index in [2.05, 4.69) is 5.32 Å². The predicted molar refractivity (Wildman–Crippen MR) is 59.6 cm³/mol. The van der Waals surface area contributed by atoms with Crippen LogP contribution in [0, 0.1) is 5.92 Å². The molecule has 1 aliphatic heterocycles. The lowest BCUT2D eigenvalue weighted by Crippen LogP contribution is -2.56. The van der Waals surface area contributed by atoms with Crippen molar-refractivity contribution >= 4 is 17.7 Å². The number of nitrogens with one attached hydrogen (secondary N) is 1. The van der Waals surface area contributed by atoms with E-state index in [4.69, 9.17) is 5.73 Å². The number of likely N-dealkylation sites (N-methyl/N-ethyl adjacent to an activating group) is 1. The van der Waals surface area contributed by atoms with E-state index in [1.807, 2.05) is 0 Å². The standard InChI is InChI=1S/C11H17N3O3/c1-11(12,6-3-4-6)10(17)13-7-5-8(15)14(2)9(7)16/h6-7H,3-5,12H2,1-2H3,(H,13,17).